The van der Waals surface area contributed by atoms with Crippen LogP contribution in [0.5, 0.6) is 11.5 Å². The maximum absolute atomic E-state index is 13.3. The highest BCUT2D eigenvalue weighted by Gasteiger charge is 2.45. The zero-order valence-electron chi connectivity index (χ0n) is 19.9. The van der Waals surface area contributed by atoms with Gasteiger partial charge in [0.1, 0.15) is 17.1 Å². The minimum absolute atomic E-state index is 0.00761. The summed E-state index contributed by atoms with van der Waals surface area (Å²) in [4.78, 5) is 42.3. The number of fused-ring (bicyclic) bond motifs is 1. The Balaban J connectivity index is 1.23. The average Bonchev–Trinajstić information content (AvgIpc) is 3.22. The third-order valence-electron chi connectivity index (χ3n) is 7.55. The van der Waals surface area contributed by atoms with E-state index in [4.69, 9.17) is 9.47 Å². The van der Waals surface area contributed by atoms with E-state index in [1.54, 1.807) is 12.0 Å². The molecule has 1 atom stereocenters. The van der Waals surface area contributed by atoms with E-state index in [0.29, 0.717) is 50.2 Å². The number of anilines is 1. The van der Waals surface area contributed by atoms with Gasteiger partial charge in [0.25, 0.3) is 0 Å². The summed E-state index contributed by atoms with van der Waals surface area (Å²) in [5, 5.41) is 0. The second kappa shape index (κ2) is 8.46. The molecule has 1 unspecified atom stereocenters. The number of hydrogen-bond acceptors (Lipinski definition) is 5. The van der Waals surface area contributed by atoms with Gasteiger partial charge in [-0.25, -0.2) is 0 Å². The third-order valence-corrected chi connectivity index (χ3v) is 7.55. The molecule has 0 aromatic heterocycles. The van der Waals surface area contributed by atoms with Crippen LogP contribution < -0.4 is 14.4 Å². The van der Waals surface area contributed by atoms with Crippen LogP contribution in [0.3, 0.4) is 0 Å². The van der Waals surface area contributed by atoms with Crippen molar-refractivity contribution in [1.82, 2.24) is 4.90 Å². The van der Waals surface area contributed by atoms with Crippen LogP contribution in [-0.4, -0.2) is 54.8 Å². The number of amides is 2. The van der Waals surface area contributed by atoms with Gasteiger partial charge in [0.2, 0.25) is 11.8 Å². The lowest BCUT2D eigenvalue weighted by Gasteiger charge is -2.44. The highest BCUT2D eigenvalue weighted by atomic mass is 16.5. The van der Waals surface area contributed by atoms with Gasteiger partial charge >= 0.3 is 0 Å². The second-order valence-electron chi connectivity index (χ2n) is 9.75. The van der Waals surface area contributed by atoms with Gasteiger partial charge < -0.3 is 19.3 Å². The monoisotopic (exact) mass is 462 g/mol. The van der Waals surface area contributed by atoms with Crippen LogP contribution in [0.15, 0.2) is 36.4 Å². The van der Waals surface area contributed by atoms with Gasteiger partial charge in [-0.3, -0.25) is 14.4 Å². The molecular weight excluding hydrogens is 432 g/mol. The Morgan fingerprint density at radius 1 is 1.06 bits per heavy atom. The number of Topliss-reactive ketones (excluding diaryl/α,β-unsaturated/α-hetero) is 1. The van der Waals surface area contributed by atoms with E-state index in [-0.39, 0.29) is 29.9 Å². The summed E-state index contributed by atoms with van der Waals surface area (Å²) < 4.78 is 11.6. The van der Waals surface area contributed by atoms with Gasteiger partial charge in [-0.05, 0) is 61.4 Å². The molecule has 3 aliphatic rings. The second-order valence-corrected chi connectivity index (χ2v) is 9.75. The Labute approximate surface area is 199 Å². The molecule has 178 valence electrons. The van der Waals surface area contributed by atoms with Crippen molar-refractivity contribution in [2.45, 2.75) is 45.1 Å². The number of nitrogens with zero attached hydrogens (tertiary/aromatic N) is 2. The summed E-state index contributed by atoms with van der Waals surface area (Å²) in [6, 6.07) is 11.2. The number of rotatable bonds is 3. The smallest absolute Gasteiger partial charge is 0.228 e. The van der Waals surface area contributed by atoms with E-state index < -0.39 is 5.60 Å². The Kier molecular flexibility index (Phi) is 5.58. The molecule has 5 rings (SSSR count). The molecule has 7 heteroatoms. The van der Waals surface area contributed by atoms with E-state index >= 15 is 0 Å². The van der Waals surface area contributed by atoms with Crippen molar-refractivity contribution in [3.05, 3.63) is 53.1 Å². The van der Waals surface area contributed by atoms with Crippen LogP contribution in [0, 0.1) is 19.8 Å². The minimum atomic E-state index is -0.552. The standard InChI is InChI=1S/C27H30N2O5/c1-17-12-22-23(30)15-27(34-24(22)13-18(17)2)8-10-28(11-9-27)26(32)19-14-25(31)29(16-19)20-4-6-21(33-3)7-5-20/h4-7,12-13,19H,8-11,14-16H2,1-3H3. The van der Waals surface area contributed by atoms with Crippen LogP contribution >= 0.6 is 0 Å². The number of carbonyl (C=O) groups is 3. The topological polar surface area (TPSA) is 76.2 Å². The Hall–Kier alpha value is -3.35. The van der Waals surface area contributed by atoms with E-state index in [1.165, 1.54) is 0 Å². The fourth-order valence-corrected chi connectivity index (χ4v) is 5.31. The van der Waals surface area contributed by atoms with Crippen molar-refractivity contribution in [1.29, 1.82) is 0 Å². The van der Waals surface area contributed by atoms with Crippen molar-refractivity contribution < 1.29 is 23.9 Å². The fourth-order valence-electron chi connectivity index (χ4n) is 5.31. The molecule has 2 aromatic rings. The molecule has 0 aliphatic carbocycles. The fraction of sp³-hybridized carbons (Fsp3) is 0.444. The summed E-state index contributed by atoms with van der Waals surface area (Å²) >= 11 is 0. The number of carbonyl (C=O) groups excluding carboxylic acids is 3. The number of ether oxygens (including phenoxy) is 2. The van der Waals surface area contributed by atoms with Gasteiger partial charge in [-0.2, -0.15) is 0 Å². The molecule has 7 nitrogen and oxygen atoms in total. The Bertz CT molecular complexity index is 1150. The van der Waals surface area contributed by atoms with Crippen LogP contribution in [0.2, 0.25) is 0 Å². The molecule has 2 saturated heterocycles. The van der Waals surface area contributed by atoms with Crippen molar-refractivity contribution >= 4 is 23.3 Å². The normalized spacial score (nSPS) is 21.4. The molecule has 3 aliphatic heterocycles. The number of benzene rings is 2. The SMILES string of the molecule is COc1ccc(N2CC(C(=O)N3CCC4(CC3)CC(=O)c3cc(C)c(C)cc3O4)CC2=O)cc1. The summed E-state index contributed by atoms with van der Waals surface area (Å²) in [5.41, 5.74) is 3.07. The predicted molar refractivity (Wildman–Crippen MR) is 127 cm³/mol. The number of piperidine rings is 1. The van der Waals surface area contributed by atoms with Crippen LogP contribution in [-0.2, 0) is 9.59 Å². The molecule has 1 spiro atoms. The zero-order chi connectivity index (χ0) is 24.0. The average molecular weight is 463 g/mol. The van der Waals surface area contributed by atoms with E-state index in [1.807, 2.05) is 55.1 Å². The lowest BCUT2D eigenvalue weighted by molar-refractivity contribution is -0.139. The van der Waals surface area contributed by atoms with E-state index in [2.05, 4.69) is 0 Å². The van der Waals surface area contributed by atoms with Crippen LogP contribution in [0.1, 0.15) is 47.2 Å². The maximum Gasteiger partial charge on any atom is 0.228 e. The number of methoxy groups -OCH3 is 1. The van der Waals surface area contributed by atoms with Gasteiger partial charge in [0.05, 0.1) is 25.0 Å². The van der Waals surface area contributed by atoms with Gasteiger partial charge in [-0.1, -0.05) is 0 Å². The molecule has 2 amide bonds. The summed E-state index contributed by atoms with van der Waals surface area (Å²) in [5.74, 6) is 1.11. The van der Waals surface area contributed by atoms with Crippen molar-refractivity contribution in [3.63, 3.8) is 0 Å². The molecule has 0 bridgehead atoms. The molecule has 0 N–H and O–H groups in total. The first-order valence-corrected chi connectivity index (χ1v) is 11.9. The molecule has 2 fully saturated rings. The molecular formula is C27H30N2O5. The third kappa shape index (κ3) is 3.93. The highest BCUT2D eigenvalue weighted by molar-refractivity contribution is 6.01. The van der Waals surface area contributed by atoms with Crippen LogP contribution in [0.4, 0.5) is 5.69 Å². The summed E-state index contributed by atoms with van der Waals surface area (Å²) in [7, 11) is 1.60. The molecule has 2 aromatic carbocycles. The Morgan fingerprint density at radius 3 is 2.41 bits per heavy atom. The largest absolute Gasteiger partial charge is 0.497 e. The number of ketones is 1. The first-order chi connectivity index (χ1) is 16.3. The minimum Gasteiger partial charge on any atom is -0.497 e. The van der Waals surface area contributed by atoms with Crippen LogP contribution in [0.25, 0.3) is 0 Å². The van der Waals surface area contributed by atoms with Crippen molar-refractivity contribution in [3.8, 4) is 11.5 Å². The van der Waals surface area contributed by atoms with E-state index in [9.17, 15) is 14.4 Å². The summed E-state index contributed by atoms with van der Waals surface area (Å²) in [6.45, 7) is 5.46. The van der Waals surface area contributed by atoms with Crippen molar-refractivity contribution in [2.75, 3.05) is 31.6 Å². The molecule has 0 saturated carbocycles. The first kappa shape index (κ1) is 22.4. The molecule has 34 heavy (non-hydrogen) atoms. The van der Waals surface area contributed by atoms with Crippen molar-refractivity contribution in [2.24, 2.45) is 5.92 Å². The zero-order valence-corrected chi connectivity index (χ0v) is 19.9. The quantitative estimate of drug-likeness (QED) is 0.695. The van der Waals surface area contributed by atoms with Gasteiger partial charge in [-0.15, -0.1) is 0 Å². The number of aryl methyl sites for hydroxylation is 2. The number of likely N-dealkylation sites (tertiary alicyclic amines) is 1. The van der Waals surface area contributed by atoms with Gasteiger partial charge in [0, 0.05) is 44.6 Å². The molecule has 0 radical (unpaired) electrons. The lowest BCUT2D eigenvalue weighted by Crippen LogP contribution is -2.53. The van der Waals surface area contributed by atoms with E-state index in [0.717, 1.165) is 22.6 Å². The highest BCUT2D eigenvalue weighted by Crippen LogP contribution is 2.41. The number of hydrogen-bond donors (Lipinski definition) is 0. The summed E-state index contributed by atoms with van der Waals surface area (Å²) in [6.07, 6.45) is 1.78. The predicted octanol–water partition coefficient (Wildman–Crippen LogP) is 3.69. The lowest BCUT2D eigenvalue weighted by atomic mass is 9.81. The first-order valence-electron chi connectivity index (χ1n) is 11.9. The maximum atomic E-state index is 13.3. The van der Waals surface area contributed by atoms with Gasteiger partial charge in [0.15, 0.2) is 5.78 Å². The Morgan fingerprint density at radius 2 is 1.74 bits per heavy atom. The molecule has 3 heterocycles.